The highest BCUT2D eigenvalue weighted by Gasteiger charge is 2.69. The number of carbonyl (C=O) groups excluding carboxylic acids is 6. The molecule has 380 valence electrons. The Hall–Kier alpha value is -3.98. The average Bonchev–Trinajstić information content (AvgIpc) is 3.55. The minimum atomic E-state index is -1.10. The van der Waals surface area contributed by atoms with Crippen LogP contribution in [-0.4, -0.2) is 104 Å². The topological polar surface area (TPSA) is 190 Å². The van der Waals surface area contributed by atoms with Crippen LogP contribution in [0.1, 0.15) is 172 Å². The maximum atomic E-state index is 14.5. The van der Waals surface area contributed by atoms with Gasteiger partial charge in [-0.2, -0.15) is 0 Å². The molecule has 2 heterocycles. The monoisotopic (exact) mass is 957 g/mol. The summed E-state index contributed by atoms with van der Waals surface area (Å²) < 4.78 is 16.9. The Morgan fingerprint density at radius 3 is 2.25 bits per heavy atom. The number of unbranched alkanes of at least 4 members (excludes halogenated alkanes) is 3. The zero-order valence-electron chi connectivity index (χ0n) is 42.5. The van der Waals surface area contributed by atoms with E-state index in [-0.39, 0.29) is 99.9 Å². The van der Waals surface area contributed by atoms with E-state index in [1.54, 1.807) is 11.6 Å². The lowest BCUT2D eigenvalue weighted by Crippen LogP contribution is -2.65. The van der Waals surface area contributed by atoms with Crippen molar-refractivity contribution in [3.63, 3.8) is 0 Å². The number of benzene rings is 1. The number of ether oxygens (including phenoxy) is 3. The van der Waals surface area contributed by atoms with Crippen molar-refractivity contribution in [2.24, 2.45) is 50.2 Å². The maximum absolute atomic E-state index is 14.5. The minimum absolute atomic E-state index is 0.000255. The van der Waals surface area contributed by atoms with Gasteiger partial charge in [-0.1, -0.05) is 79.0 Å². The quantitative estimate of drug-likeness (QED) is 0.0639. The minimum Gasteiger partial charge on any atom is -0.393 e. The summed E-state index contributed by atoms with van der Waals surface area (Å²) in [6, 6.07) is 3.41. The molecule has 14 heteroatoms. The number of hydrogen-bond donors (Lipinski definition) is 4. The normalized spacial score (nSPS) is 34.3. The van der Waals surface area contributed by atoms with Crippen molar-refractivity contribution >= 4 is 41.1 Å². The standard InChI is InChI=1S/C55H80N4O10/c1-50(2)23-25-55(26-24-53(6)36(37(55)33-50)15-17-41-52(5)21-20-42(60)51(3,4)40(52)19-22-54(41,53)7)49(66)56-27-10-8-9-11-28-67-29-30-68-31-32-69-34-44(62)57-38-14-12-13-35-45(38)48(65)59(47(35)64)39-16-18-43(61)58-46(39)63/h12-15,37,39-42,60H,8-11,16-34H2,1-7H3,(H,56,66)(H,57,62)(H,58,61,63)/t37-,39?,40-,41+,42-,52-,53+,54+,55-/m0/s1. The Bertz CT molecular complexity index is 2210. The van der Waals surface area contributed by atoms with Gasteiger partial charge in [0, 0.05) is 19.6 Å². The van der Waals surface area contributed by atoms with Gasteiger partial charge in [0.15, 0.2) is 0 Å². The molecular formula is C55H80N4O10. The SMILES string of the molecule is CC1(C)CC[C@]2(C(=O)NCCCCCCOCCOCCOCC(=O)Nc3cccc4c3C(=O)N(C3CCC(=O)NC3=O)C4=O)CC[C@]3(C)C(=CC[C@@H]4[C@@]5(C)CC[C@H](O)C(C)(C)[C@@H]5CC[C@]43C)[C@@H]2C1. The summed E-state index contributed by atoms with van der Waals surface area (Å²) in [7, 11) is 0. The molecule has 1 saturated heterocycles. The molecule has 8 rings (SSSR count). The molecule has 4 N–H and O–H groups in total. The zero-order valence-corrected chi connectivity index (χ0v) is 42.5. The zero-order chi connectivity index (χ0) is 49.6. The number of nitrogens with zero attached hydrogens (tertiary/aromatic N) is 1. The van der Waals surface area contributed by atoms with Gasteiger partial charge in [-0.05, 0) is 140 Å². The molecule has 9 atom stereocenters. The molecule has 14 nitrogen and oxygen atoms in total. The van der Waals surface area contributed by atoms with E-state index in [2.05, 4.69) is 70.5 Å². The Balaban J connectivity index is 0.708. The number of nitrogens with one attached hydrogen (secondary N) is 3. The molecule has 4 saturated carbocycles. The van der Waals surface area contributed by atoms with E-state index in [1.807, 2.05) is 0 Å². The van der Waals surface area contributed by atoms with Gasteiger partial charge in [0.05, 0.1) is 54.8 Å². The second-order valence-corrected chi connectivity index (χ2v) is 23.9. The lowest BCUT2D eigenvalue weighted by atomic mass is 9.33. The third-order valence-corrected chi connectivity index (χ3v) is 19.3. The fraction of sp³-hybridized carbons (Fsp3) is 0.745. The summed E-state index contributed by atoms with van der Waals surface area (Å²) in [6.45, 7) is 19.5. The van der Waals surface area contributed by atoms with Crippen LogP contribution in [0.2, 0.25) is 0 Å². The number of hydrogen-bond acceptors (Lipinski definition) is 10. The molecule has 0 aromatic heterocycles. The molecule has 0 radical (unpaired) electrons. The predicted molar refractivity (Wildman–Crippen MR) is 261 cm³/mol. The van der Waals surface area contributed by atoms with Crippen LogP contribution in [0, 0.1) is 50.2 Å². The van der Waals surface area contributed by atoms with Crippen LogP contribution in [0.3, 0.4) is 0 Å². The molecule has 69 heavy (non-hydrogen) atoms. The molecule has 5 aliphatic carbocycles. The fourth-order valence-electron chi connectivity index (χ4n) is 15.1. The van der Waals surface area contributed by atoms with Crippen LogP contribution in [0.15, 0.2) is 29.8 Å². The van der Waals surface area contributed by atoms with E-state index in [1.165, 1.54) is 25.0 Å². The number of amides is 6. The fourth-order valence-corrected chi connectivity index (χ4v) is 15.1. The molecule has 0 spiro atoms. The number of anilines is 1. The molecule has 1 unspecified atom stereocenters. The van der Waals surface area contributed by atoms with Crippen molar-refractivity contribution in [2.75, 3.05) is 51.5 Å². The number of carbonyl (C=O) groups is 6. The number of piperidine rings is 1. The molecule has 0 bridgehead atoms. The largest absolute Gasteiger partial charge is 0.393 e. The lowest BCUT2D eigenvalue weighted by molar-refractivity contribution is -0.203. The summed E-state index contributed by atoms with van der Waals surface area (Å²) in [5.41, 5.74) is 2.08. The third kappa shape index (κ3) is 9.38. The van der Waals surface area contributed by atoms with Crippen LogP contribution in [0.5, 0.6) is 0 Å². The number of imide groups is 2. The number of aliphatic hydroxyl groups excluding tert-OH is 1. The third-order valence-electron chi connectivity index (χ3n) is 19.3. The number of aliphatic hydroxyl groups is 1. The van der Waals surface area contributed by atoms with Gasteiger partial charge in [-0.3, -0.25) is 39.0 Å². The van der Waals surface area contributed by atoms with Gasteiger partial charge < -0.3 is 30.0 Å². The molecular weight excluding hydrogens is 877 g/mol. The highest BCUT2D eigenvalue weighted by Crippen LogP contribution is 2.75. The van der Waals surface area contributed by atoms with Gasteiger partial charge in [-0.25, -0.2) is 0 Å². The number of fused-ring (bicyclic) bond motifs is 8. The van der Waals surface area contributed by atoms with Crippen molar-refractivity contribution in [1.82, 2.24) is 15.5 Å². The smallest absolute Gasteiger partial charge is 0.264 e. The van der Waals surface area contributed by atoms with Crippen LogP contribution in [-0.2, 0) is 33.4 Å². The van der Waals surface area contributed by atoms with Gasteiger partial charge in [0.25, 0.3) is 11.8 Å². The Morgan fingerprint density at radius 1 is 0.783 bits per heavy atom. The van der Waals surface area contributed by atoms with Crippen molar-refractivity contribution in [1.29, 1.82) is 0 Å². The lowest BCUT2D eigenvalue weighted by Gasteiger charge is -2.71. The van der Waals surface area contributed by atoms with Crippen LogP contribution < -0.4 is 16.0 Å². The van der Waals surface area contributed by atoms with Gasteiger partial charge in [0.2, 0.25) is 23.6 Å². The van der Waals surface area contributed by atoms with E-state index in [0.717, 1.165) is 81.9 Å². The van der Waals surface area contributed by atoms with Crippen LogP contribution in [0.4, 0.5) is 5.69 Å². The maximum Gasteiger partial charge on any atom is 0.264 e. The average molecular weight is 957 g/mol. The van der Waals surface area contributed by atoms with Crippen molar-refractivity contribution < 1.29 is 48.1 Å². The van der Waals surface area contributed by atoms with Crippen LogP contribution in [0.25, 0.3) is 0 Å². The Morgan fingerprint density at radius 2 is 1.49 bits per heavy atom. The molecule has 1 aromatic rings. The highest BCUT2D eigenvalue weighted by atomic mass is 16.5. The first-order chi connectivity index (χ1) is 32.7. The van der Waals surface area contributed by atoms with Crippen molar-refractivity contribution in [3.8, 4) is 0 Å². The highest BCUT2D eigenvalue weighted by molar-refractivity contribution is 6.26. The predicted octanol–water partition coefficient (Wildman–Crippen LogP) is 7.92. The van der Waals surface area contributed by atoms with E-state index in [0.29, 0.717) is 38.2 Å². The van der Waals surface area contributed by atoms with Crippen molar-refractivity contribution in [3.05, 3.63) is 41.0 Å². The number of allylic oxidation sites excluding steroid dienone is 2. The van der Waals surface area contributed by atoms with Gasteiger partial charge in [-0.15, -0.1) is 0 Å². The second kappa shape index (κ2) is 19.9. The summed E-state index contributed by atoms with van der Waals surface area (Å²) in [5.74, 6) is -1.36. The van der Waals surface area contributed by atoms with Gasteiger partial charge in [0.1, 0.15) is 12.6 Å². The van der Waals surface area contributed by atoms with E-state index >= 15 is 0 Å². The molecule has 6 amide bonds. The Kier molecular flexibility index (Phi) is 14.8. The molecule has 2 aliphatic heterocycles. The van der Waals surface area contributed by atoms with E-state index in [9.17, 15) is 33.9 Å². The molecule has 5 fully saturated rings. The van der Waals surface area contributed by atoms with E-state index in [4.69, 9.17) is 14.2 Å². The summed E-state index contributed by atoms with van der Waals surface area (Å²) >= 11 is 0. The van der Waals surface area contributed by atoms with E-state index < -0.39 is 35.6 Å². The number of rotatable bonds is 18. The Labute approximate surface area is 409 Å². The first kappa shape index (κ1) is 51.4. The van der Waals surface area contributed by atoms with Crippen molar-refractivity contribution in [2.45, 2.75) is 163 Å². The first-order valence-electron chi connectivity index (χ1n) is 26.2. The van der Waals surface area contributed by atoms with Gasteiger partial charge >= 0.3 is 0 Å². The summed E-state index contributed by atoms with van der Waals surface area (Å²) in [6.07, 6.45) is 17.0. The van der Waals surface area contributed by atoms with Crippen LogP contribution >= 0.6 is 0 Å². The second-order valence-electron chi connectivity index (χ2n) is 23.9. The molecule has 1 aromatic carbocycles. The molecule has 7 aliphatic rings. The summed E-state index contributed by atoms with van der Waals surface area (Å²) in [4.78, 5) is 78.4. The summed E-state index contributed by atoms with van der Waals surface area (Å²) in [5, 5.41) is 19.4. The first-order valence-corrected chi connectivity index (χ1v) is 26.2.